The van der Waals surface area contributed by atoms with Gasteiger partial charge >= 0.3 is 0 Å². The molecule has 100 valence electrons. The van der Waals surface area contributed by atoms with Crippen LogP contribution in [0.2, 0.25) is 0 Å². The quantitative estimate of drug-likeness (QED) is 0.612. The second kappa shape index (κ2) is 4.79. The minimum atomic E-state index is -3.54. The second-order valence-corrected chi connectivity index (χ2v) is 5.64. The predicted octanol–water partition coefficient (Wildman–Crippen LogP) is -0.884. The summed E-state index contributed by atoms with van der Waals surface area (Å²) in [5, 5.41) is 0. The summed E-state index contributed by atoms with van der Waals surface area (Å²) in [5.41, 5.74) is 0. The third kappa shape index (κ3) is 2.61. The summed E-state index contributed by atoms with van der Waals surface area (Å²) in [6, 6.07) is 0. The largest absolute Gasteiger partial charge is 0.373 e. The van der Waals surface area contributed by atoms with Crippen molar-refractivity contribution in [2.75, 3.05) is 27.1 Å². The predicted molar refractivity (Wildman–Crippen MR) is 55.9 cm³/mol. The van der Waals surface area contributed by atoms with E-state index in [0.717, 1.165) is 6.26 Å². The fraction of sp³-hybridized carbons (Fsp3) is 1.00. The molecule has 0 radical (unpaired) electrons. The van der Waals surface area contributed by atoms with Gasteiger partial charge in [-0.3, -0.25) is 4.18 Å². The molecule has 2 fully saturated rings. The van der Waals surface area contributed by atoms with Crippen LogP contribution in [0.15, 0.2) is 0 Å². The van der Waals surface area contributed by atoms with Crippen molar-refractivity contribution in [3.8, 4) is 0 Å². The molecule has 17 heavy (non-hydrogen) atoms. The van der Waals surface area contributed by atoms with Crippen LogP contribution in [0.5, 0.6) is 0 Å². The molecule has 0 saturated carbocycles. The van der Waals surface area contributed by atoms with Gasteiger partial charge in [0.25, 0.3) is 10.1 Å². The van der Waals surface area contributed by atoms with Crippen molar-refractivity contribution in [1.82, 2.24) is 0 Å². The summed E-state index contributed by atoms with van der Waals surface area (Å²) in [6.45, 7) is 0.165. The van der Waals surface area contributed by atoms with Crippen LogP contribution in [0.25, 0.3) is 0 Å². The van der Waals surface area contributed by atoms with Gasteiger partial charge in [-0.15, -0.1) is 0 Å². The van der Waals surface area contributed by atoms with Gasteiger partial charge in [-0.2, -0.15) is 8.42 Å². The molecular weight excluding hydrogens is 252 g/mol. The van der Waals surface area contributed by atoms with Gasteiger partial charge in [0.15, 0.2) is 6.29 Å². The Balaban J connectivity index is 2.08. The SMILES string of the molecule is CO[C@H]1O[C@@H]2[C@@H](OC[C@@H]2OS(C)(=O)=O)[C@@H]1OC. The molecule has 0 unspecified atom stereocenters. The van der Waals surface area contributed by atoms with Gasteiger partial charge in [-0.25, -0.2) is 0 Å². The lowest BCUT2D eigenvalue weighted by molar-refractivity contribution is -0.171. The Morgan fingerprint density at radius 1 is 1.18 bits per heavy atom. The minimum Gasteiger partial charge on any atom is -0.373 e. The third-order valence-corrected chi connectivity index (χ3v) is 3.43. The molecule has 8 heteroatoms. The number of hydrogen-bond acceptors (Lipinski definition) is 7. The van der Waals surface area contributed by atoms with Crippen molar-refractivity contribution in [3.05, 3.63) is 0 Å². The van der Waals surface area contributed by atoms with E-state index < -0.39 is 28.6 Å². The Morgan fingerprint density at radius 3 is 2.41 bits per heavy atom. The van der Waals surface area contributed by atoms with E-state index in [-0.39, 0.29) is 18.8 Å². The van der Waals surface area contributed by atoms with Crippen LogP contribution in [-0.4, -0.2) is 66.2 Å². The Hall–Kier alpha value is -0.250. The zero-order valence-electron chi connectivity index (χ0n) is 9.86. The first-order chi connectivity index (χ1) is 7.96. The molecule has 7 nitrogen and oxygen atoms in total. The van der Waals surface area contributed by atoms with Gasteiger partial charge in [0, 0.05) is 14.2 Å². The lowest BCUT2D eigenvalue weighted by atomic mass is 10.1. The highest BCUT2D eigenvalue weighted by Crippen LogP contribution is 2.34. The zero-order chi connectivity index (χ0) is 12.6. The summed E-state index contributed by atoms with van der Waals surface area (Å²) in [5.74, 6) is 0. The number of rotatable bonds is 4. The monoisotopic (exact) mass is 268 g/mol. The summed E-state index contributed by atoms with van der Waals surface area (Å²) in [6.07, 6.45) is -1.44. The first-order valence-electron chi connectivity index (χ1n) is 5.17. The van der Waals surface area contributed by atoms with E-state index in [1.54, 1.807) is 0 Å². The average molecular weight is 268 g/mol. The number of hydrogen-bond donors (Lipinski definition) is 0. The normalized spacial score (nSPS) is 41.7. The Kier molecular flexibility index (Phi) is 3.71. The van der Waals surface area contributed by atoms with Crippen molar-refractivity contribution in [2.24, 2.45) is 0 Å². The van der Waals surface area contributed by atoms with E-state index in [4.69, 9.17) is 23.1 Å². The minimum absolute atomic E-state index is 0.165. The van der Waals surface area contributed by atoms with Crippen molar-refractivity contribution >= 4 is 10.1 Å². The maximum absolute atomic E-state index is 11.1. The molecule has 0 spiro atoms. The van der Waals surface area contributed by atoms with Crippen LogP contribution in [0.1, 0.15) is 0 Å². The van der Waals surface area contributed by atoms with E-state index in [1.165, 1.54) is 14.2 Å². The molecule has 5 atom stereocenters. The van der Waals surface area contributed by atoms with Crippen molar-refractivity contribution in [1.29, 1.82) is 0 Å². The maximum Gasteiger partial charge on any atom is 0.264 e. The molecule has 2 aliphatic rings. The molecule has 0 bridgehead atoms. The molecule has 0 N–H and O–H groups in total. The second-order valence-electron chi connectivity index (χ2n) is 4.04. The molecule has 0 aromatic carbocycles. The third-order valence-electron chi connectivity index (χ3n) is 2.83. The van der Waals surface area contributed by atoms with Crippen LogP contribution in [-0.2, 0) is 33.2 Å². The topological polar surface area (TPSA) is 80.3 Å². The van der Waals surface area contributed by atoms with Gasteiger partial charge in [-0.05, 0) is 0 Å². The van der Waals surface area contributed by atoms with E-state index in [1.807, 2.05) is 0 Å². The molecule has 0 aromatic heterocycles. The van der Waals surface area contributed by atoms with Crippen LogP contribution < -0.4 is 0 Å². The smallest absolute Gasteiger partial charge is 0.264 e. The summed E-state index contributed by atoms with van der Waals surface area (Å²) >= 11 is 0. The van der Waals surface area contributed by atoms with E-state index in [9.17, 15) is 8.42 Å². The highest BCUT2D eigenvalue weighted by Gasteiger charge is 2.54. The van der Waals surface area contributed by atoms with Crippen molar-refractivity contribution in [3.63, 3.8) is 0 Å². The van der Waals surface area contributed by atoms with Crippen molar-refractivity contribution in [2.45, 2.75) is 30.7 Å². The van der Waals surface area contributed by atoms with Crippen LogP contribution >= 0.6 is 0 Å². The molecule has 2 heterocycles. The summed E-state index contributed by atoms with van der Waals surface area (Å²) in [4.78, 5) is 0. The highest BCUT2D eigenvalue weighted by atomic mass is 32.2. The fourth-order valence-electron chi connectivity index (χ4n) is 2.18. The Bertz CT molecular complexity index is 368. The van der Waals surface area contributed by atoms with E-state index in [0.29, 0.717) is 0 Å². The first-order valence-corrected chi connectivity index (χ1v) is 6.99. The van der Waals surface area contributed by atoms with Crippen LogP contribution in [0.4, 0.5) is 0 Å². The molecule has 2 saturated heterocycles. The highest BCUT2D eigenvalue weighted by molar-refractivity contribution is 7.86. The Labute approximate surface area is 100 Å². The van der Waals surface area contributed by atoms with E-state index in [2.05, 4.69) is 0 Å². The molecular formula is C9H16O7S. The number of fused-ring (bicyclic) bond motifs is 1. The molecule has 0 aromatic rings. The van der Waals surface area contributed by atoms with Gasteiger partial charge in [0.05, 0.1) is 12.9 Å². The lowest BCUT2D eigenvalue weighted by Crippen LogP contribution is -2.35. The standard InChI is InChI=1S/C9H16O7S/c1-12-8-7-6(15-9(8)13-2)5(4-14-7)16-17(3,10)11/h5-9H,4H2,1-3H3/t5-,6-,7+,8-,9-/m0/s1. The summed E-state index contributed by atoms with van der Waals surface area (Å²) < 4.78 is 48.4. The molecule has 2 rings (SSSR count). The Morgan fingerprint density at radius 2 is 1.88 bits per heavy atom. The van der Waals surface area contributed by atoms with Crippen LogP contribution in [0, 0.1) is 0 Å². The van der Waals surface area contributed by atoms with Crippen LogP contribution in [0.3, 0.4) is 0 Å². The molecule has 0 aliphatic carbocycles. The van der Waals surface area contributed by atoms with Gasteiger partial charge in [0.2, 0.25) is 0 Å². The first kappa shape index (κ1) is 13.2. The average Bonchev–Trinajstić information content (AvgIpc) is 2.75. The number of ether oxygens (including phenoxy) is 4. The molecule has 2 aliphatic heterocycles. The zero-order valence-corrected chi connectivity index (χ0v) is 10.7. The van der Waals surface area contributed by atoms with E-state index >= 15 is 0 Å². The number of methoxy groups -OCH3 is 2. The molecule has 0 amide bonds. The fourth-order valence-corrected chi connectivity index (χ4v) is 2.80. The lowest BCUT2D eigenvalue weighted by Gasteiger charge is -2.19. The van der Waals surface area contributed by atoms with Gasteiger partial charge < -0.3 is 18.9 Å². The van der Waals surface area contributed by atoms with Gasteiger partial charge in [-0.1, -0.05) is 0 Å². The maximum atomic E-state index is 11.1. The van der Waals surface area contributed by atoms with Crippen molar-refractivity contribution < 1.29 is 31.5 Å². The van der Waals surface area contributed by atoms with Gasteiger partial charge in [0.1, 0.15) is 24.4 Å². The summed E-state index contributed by atoms with van der Waals surface area (Å²) in [7, 11) is -0.522.